The number of esters is 1. The van der Waals surface area contributed by atoms with Crippen molar-refractivity contribution in [2.75, 3.05) is 19.8 Å². The monoisotopic (exact) mass is 532 g/mol. The standard InChI is InChI=1S/C30H48N2O6/c1-9-12-15-37-28(36)24-23-26(34)32(22(18-33)16-19(4)5)25(30(23)17-20(6)29(24,8)38-30)27(35)31(14-11-3)21(7)13-10-2/h9,11,19-25,33H,1,3,10,12-18H2,2,4-8H3/t20?,21?,22-,23+,24-,25?,29+,30?/m1/s1. The third-order valence-corrected chi connectivity index (χ3v) is 9.00. The average Bonchev–Trinajstić information content (AvgIpc) is 3.37. The molecule has 0 saturated carbocycles. The normalized spacial score (nSPS) is 33.3. The molecule has 8 nitrogen and oxygen atoms in total. The van der Waals surface area contributed by atoms with Crippen molar-refractivity contribution < 1.29 is 29.0 Å². The SMILES string of the molecule is C=CCCOC(=O)[C@H]1[C@H]2C(=O)N([C@@H](CO)CC(C)C)C(C(=O)N(CC=C)C(C)CCC)C23CC(C)[C@]1(C)O3. The molecule has 0 radical (unpaired) electrons. The molecule has 0 aromatic rings. The molecule has 38 heavy (non-hydrogen) atoms. The number of aliphatic hydroxyl groups excluding tert-OH is 1. The van der Waals surface area contributed by atoms with E-state index in [2.05, 4.69) is 20.1 Å². The Bertz CT molecular complexity index is 920. The number of aliphatic hydroxyl groups is 1. The predicted molar refractivity (Wildman–Crippen MR) is 146 cm³/mol. The van der Waals surface area contributed by atoms with Crippen LogP contribution in [0.4, 0.5) is 0 Å². The molecular weight excluding hydrogens is 484 g/mol. The lowest BCUT2D eigenvalue weighted by Gasteiger charge is -2.41. The van der Waals surface area contributed by atoms with Crippen LogP contribution < -0.4 is 0 Å². The van der Waals surface area contributed by atoms with E-state index in [1.807, 2.05) is 34.6 Å². The van der Waals surface area contributed by atoms with Gasteiger partial charge in [0, 0.05) is 12.6 Å². The smallest absolute Gasteiger partial charge is 0.312 e. The number of carbonyl (C=O) groups excluding carboxylic acids is 3. The van der Waals surface area contributed by atoms with E-state index in [0.29, 0.717) is 25.8 Å². The minimum atomic E-state index is -1.17. The fraction of sp³-hybridized carbons (Fsp3) is 0.767. The van der Waals surface area contributed by atoms with Crippen LogP contribution in [0.15, 0.2) is 25.3 Å². The van der Waals surface area contributed by atoms with Gasteiger partial charge in [-0.15, -0.1) is 13.2 Å². The van der Waals surface area contributed by atoms with Gasteiger partial charge in [-0.3, -0.25) is 14.4 Å². The average molecular weight is 533 g/mol. The summed E-state index contributed by atoms with van der Waals surface area (Å²) in [5.41, 5.74) is -2.10. The molecule has 3 heterocycles. The van der Waals surface area contributed by atoms with Crippen LogP contribution in [0, 0.1) is 23.7 Å². The molecule has 0 aliphatic carbocycles. The molecule has 3 rings (SSSR count). The van der Waals surface area contributed by atoms with Crippen molar-refractivity contribution in [3.8, 4) is 0 Å². The Morgan fingerprint density at radius 3 is 2.53 bits per heavy atom. The van der Waals surface area contributed by atoms with Gasteiger partial charge in [-0.2, -0.15) is 0 Å². The third-order valence-electron chi connectivity index (χ3n) is 9.00. The molecule has 0 aromatic carbocycles. The molecule has 2 amide bonds. The first kappa shape index (κ1) is 30.4. The quantitative estimate of drug-likeness (QED) is 0.208. The van der Waals surface area contributed by atoms with Gasteiger partial charge in [0.25, 0.3) is 0 Å². The predicted octanol–water partition coefficient (Wildman–Crippen LogP) is 3.73. The molecule has 214 valence electrons. The van der Waals surface area contributed by atoms with E-state index in [-0.39, 0.29) is 42.9 Å². The van der Waals surface area contributed by atoms with Gasteiger partial charge >= 0.3 is 5.97 Å². The molecule has 2 bridgehead atoms. The maximum absolute atomic E-state index is 14.5. The van der Waals surface area contributed by atoms with E-state index < -0.39 is 41.1 Å². The number of carbonyl (C=O) groups is 3. The van der Waals surface area contributed by atoms with Crippen LogP contribution in [0.1, 0.15) is 73.6 Å². The molecule has 3 aliphatic rings. The summed E-state index contributed by atoms with van der Waals surface area (Å²) in [5.74, 6) is -2.54. The molecule has 3 fully saturated rings. The van der Waals surface area contributed by atoms with Crippen molar-refractivity contribution in [1.29, 1.82) is 0 Å². The Morgan fingerprint density at radius 2 is 1.97 bits per heavy atom. The lowest BCUT2D eigenvalue weighted by Crippen LogP contribution is -2.60. The number of amides is 2. The minimum Gasteiger partial charge on any atom is -0.465 e. The van der Waals surface area contributed by atoms with E-state index in [1.165, 1.54) is 0 Å². The van der Waals surface area contributed by atoms with Crippen molar-refractivity contribution in [3.05, 3.63) is 25.3 Å². The van der Waals surface area contributed by atoms with Crippen molar-refractivity contribution in [1.82, 2.24) is 9.80 Å². The first-order valence-electron chi connectivity index (χ1n) is 14.3. The maximum Gasteiger partial charge on any atom is 0.312 e. The van der Waals surface area contributed by atoms with Gasteiger partial charge in [0.15, 0.2) is 0 Å². The maximum atomic E-state index is 14.5. The van der Waals surface area contributed by atoms with Gasteiger partial charge < -0.3 is 24.4 Å². The molecule has 4 unspecified atom stereocenters. The second kappa shape index (κ2) is 11.9. The molecule has 1 spiro atoms. The first-order chi connectivity index (χ1) is 17.9. The van der Waals surface area contributed by atoms with Gasteiger partial charge in [0.2, 0.25) is 11.8 Å². The van der Waals surface area contributed by atoms with Gasteiger partial charge in [-0.05, 0) is 51.4 Å². The number of ether oxygens (including phenoxy) is 2. The topological polar surface area (TPSA) is 96.4 Å². The molecule has 0 aromatic heterocycles. The summed E-state index contributed by atoms with van der Waals surface area (Å²) < 4.78 is 12.4. The Labute approximate surface area is 228 Å². The van der Waals surface area contributed by atoms with Gasteiger partial charge in [0.1, 0.15) is 17.6 Å². The molecule has 3 saturated heterocycles. The van der Waals surface area contributed by atoms with Crippen LogP contribution >= 0.6 is 0 Å². The van der Waals surface area contributed by atoms with Crippen molar-refractivity contribution in [2.24, 2.45) is 23.7 Å². The zero-order valence-electron chi connectivity index (χ0n) is 24.2. The van der Waals surface area contributed by atoms with Crippen molar-refractivity contribution >= 4 is 17.8 Å². The number of hydrogen-bond acceptors (Lipinski definition) is 6. The van der Waals surface area contributed by atoms with Gasteiger partial charge in [-0.1, -0.05) is 46.3 Å². The van der Waals surface area contributed by atoms with Gasteiger partial charge in [-0.25, -0.2) is 0 Å². The van der Waals surface area contributed by atoms with Gasteiger partial charge in [0.05, 0.1) is 30.8 Å². The summed E-state index contributed by atoms with van der Waals surface area (Å²) in [4.78, 5) is 45.8. The molecule has 1 N–H and O–H groups in total. The number of rotatable bonds is 14. The number of nitrogens with zero attached hydrogens (tertiary/aromatic N) is 2. The van der Waals surface area contributed by atoms with Crippen LogP contribution in [0.25, 0.3) is 0 Å². The number of hydrogen-bond donors (Lipinski definition) is 1. The highest BCUT2D eigenvalue weighted by atomic mass is 16.6. The summed E-state index contributed by atoms with van der Waals surface area (Å²) in [6, 6.07) is -1.57. The fourth-order valence-corrected chi connectivity index (χ4v) is 7.22. The van der Waals surface area contributed by atoms with E-state index in [9.17, 15) is 19.5 Å². The molecule has 3 aliphatic heterocycles. The number of likely N-dealkylation sites (tertiary alicyclic amines) is 1. The van der Waals surface area contributed by atoms with Crippen LogP contribution in [-0.2, 0) is 23.9 Å². The lowest BCUT2D eigenvalue weighted by molar-refractivity contribution is -0.164. The third kappa shape index (κ3) is 4.94. The fourth-order valence-electron chi connectivity index (χ4n) is 7.22. The first-order valence-corrected chi connectivity index (χ1v) is 14.3. The summed E-state index contributed by atoms with van der Waals surface area (Å²) in [5, 5.41) is 10.5. The Hall–Kier alpha value is -2.19. The van der Waals surface area contributed by atoms with Crippen LogP contribution in [-0.4, -0.2) is 81.8 Å². The van der Waals surface area contributed by atoms with E-state index in [1.54, 1.807) is 22.0 Å². The number of fused-ring (bicyclic) bond motifs is 1. The van der Waals surface area contributed by atoms with E-state index >= 15 is 0 Å². The van der Waals surface area contributed by atoms with E-state index in [4.69, 9.17) is 9.47 Å². The van der Waals surface area contributed by atoms with Crippen LogP contribution in [0.5, 0.6) is 0 Å². The van der Waals surface area contributed by atoms with Crippen LogP contribution in [0.2, 0.25) is 0 Å². The Morgan fingerprint density at radius 1 is 1.29 bits per heavy atom. The molecule has 8 atom stereocenters. The Balaban J connectivity index is 2.15. The highest BCUT2D eigenvalue weighted by molar-refractivity contribution is 5.99. The molecule has 8 heteroatoms. The zero-order chi connectivity index (χ0) is 28.4. The summed E-state index contributed by atoms with van der Waals surface area (Å²) in [6.07, 6.45) is 6.61. The van der Waals surface area contributed by atoms with Crippen molar-refractivity contribution in [2.45, 2.75) is 103 Å². The second-order valence-corrected chi connectivity index (χ2v) is 12.1. The lowest BCUT2D eigenvalue weighted by atomic mass is 9.62. The summed E-state index contributed by atoms with van der Waals surface area (Å²) in [6.45, 7) is 19.8. The van der Waals surface area contributed by atoms with Crippen molar-refractivity contribution in [3.63, 3.8) is 0 Å². The summed E-state index contributed by atoms with van der Waals surface area (Å²) >= 11 is 0. The summed E-state index contributed by atoms with van der Waals surface area (Å²) in [7, 11) is 0. The van der Waals surface area contributed by atoms with Crippen LogP contribution in [0.3, 0.4) is 0 Å². The Kier molecular flexibility index (Phi) is 9.51. The second-order valence-electron chi connectivity index (χ2n) is 12.1. The highest BCUT2D eigenvalue weighted by Crippen LogP contribution is 2.65. The minimum absolute atomic E-state index is 0.0677. The largest absolute Gasteiger partial charge is 0.465 e. The van der Waals surface area contributed by atoms with E-state index in [0.717, 1.165) is 12.8 Å². The zero-order valence-corrected chi connectivity index (χ0v) is 24.2. The highest BCUT2D eigenvalue weighted by Gasteiger charge is 2.80. The molecular formula is C30H48N2O6.